The summed E-state index contributed by atoms with van der Waals surface area (Å²) >= 11 is 0. The van der Waals surface area contributed by atoms with Crippen molar-refractivity contribution in [2.75, 3.05) is 52.5 Å². The quantitative estimate of drug-likeness (QED) is 0.743. The molecule has 0 N–H and O–H groups in total. The predicted molar refractivity (Wildman–Crippen MR) is 90.7 cm³/mol. The van der Waals surface area contributed by atoms with Crippen LogP contribution < -0.4 is 0 Å². The Bertz CT molecular complexity index is 525. The van der Waals surface area contributed by atoms with E-state index >= 15 is 0 Å². The number of ether oxygens (including phenoxy) is 1. The van der Waals surface area contributed by atoms with Crippen LogP contribution in [-0.2, 0) is 19.7 Å². The maximum Gasteiger partial charge on any atom is 0.282 e. The molecule has 0 radical (unpaired) electrons. The molecule has 3 aliphatic rings. The number of carbonyl (C=O) groups excluding carboxylic acids is 1. The molecule has 0 aromatic rings. The zero-order valence-corrected chi connectivity index (χ0v) is 15.2. The molecule has 1 atom stereocenters. The Kier molecular flexibility index (Phi) is 6.12. The van der Waals surface area contributed by atoms with Crippen molar-refractivity contribution in [1.29, 1.82) is 0 Å². The molecule has 7 nitrogen and oxygen atoms in total. The van der Waals surface area contributed by atoms with Crippen LogP contribution in [-0.4, -0.2) is 80.3 Å². The number of amides is 1. The second-order valence-electron chi connectivity index (χ2n) is 6.96. The monoisotopic (exact) mass is 359 g/mol. The van der Waals surface area contributed by atoms with E-state index in [4.69, 9.17) is 4.74 Å². The average molecular weight is 359 g/mol. The van der Waals surface area contributed by atoms with E-state index in [1.807, 2.05) is 4.90 Å². The fourth-order valence-electron chi connectivity index (χ4n) is 3.84. The number of morpholine rings is 1. The van der Waals surface area contributed by atoms with Crippen molar-refractivity contribution in [2.24, 2.45) is 5.92 Å². The number of hydrogen-bond donors (Lipinski definition) is 0. The first-order valence-electron chi connectivity index (χ1n) is 9.21. The number of nitrogens with zero attached hydrogens (tertiary/aromatic N) is 3. The summed E-state index contributed by atoms with van der Waals surface area (Å²) in [5.74, 6) is -0.0357. The molecular formula is C16H29N3O4S. The molecule has 3 heterocycles. The van der Waals surface area contributed by atoms with Crippen LogP contribution in [0.3, 0.4) is 0 Å². The van der Waals surface area contributed by atoms with Gasteiger partial charge in [-0.05, 0) is 25.7 Å². The van der Waals surface area contributed by atoms with E-state index in [-0.39, 0.29) is 11.8 Å². The third-order valence-corrected chi connectivity index (χ3v) is 7.28. The maximum atomic E-state index is 12.8. The molecule has 1 amide bonds. The number of hydrogen-bond acceptors (Lipinski definition) is 4. The number of carbonyl (C=O) groups is 1. The Hall–Kier alpha value is -0.700. The van der Waals surface area contributed by atoms with E-state index in [0.29, 0.717) is 39.4 Å². The molecule has 24 heavy (non-hydrogen) atoms. The third kappa shape index (κ3) is 4.09. The van der Waals surface area contributed by atoms with Gasteiger partial charge in [0.2, 0.25) is 5.91 Å². The van der Waals surface area contributed by atoms with E-state index < -0.39 is 10.2 Å². The van der Waals surface area contributed by atoms with Gasteiger partial charge in [-0.2, -0.15) is 17.0 Å². The molecular weight excluding hydrogens is 330 g/mol. The number of piperidine rings is 1. The van der Waals surface area contributed by atoms with Gasteiger partial charge >= 0.3 is 0 Å². The van der Waals surface area contributed by atoms with Crippen LogP contribution in [0.4, 0.5) is 0 Å². The molecule has 1 unspecified atom stereocenters. The van der Waals surface area contributed by atoms with Crippen LogP contribution in [0.1, 0.15) is 38.5 Å². The Morgan fingerprint density at radius 1 is 0.833 bits per heavy atom. The summed E-state index contributed by atoms with van der Waals surface area (Å²) in [5, 5.41) is 0. The summed E-state index contributed by atoms with van der Waals surface area (Å²) in [6.07, 6.45) is 6.05. The summed E-state index contributed by atoms with van der Waals surface area (Å²) in [6.45, 7) is 4.20. The van der Waals surface area contributed by atoms with Crippen LogP contribution in [0.15, 0.2) is 0 Å². The number of likely N-dealkylation sites (tertiary alicyclic amines) is 1. The molecule has 3 rings (SSSR count). The molecule has 138 valence electrons. The summed E-state index contributed by atoms with van der Waals surface area (Å²) in [6, 6.07) is 0. The normalized spacial score (nSPS) is 28.5. The zero-order valence-electron chi connectivity index (χ0n) is 14.4. The summed E-state index contributed by atoms with van der Waals surface area (Å²) in [7, 11) is -3.47. The van der Waals surface area contributed by atoms with E-state index in [0.717, 1.165) is 38.8 Å². The largest absolute Gasteiger partial charge is 0.379 e. The molecule has 0 aliphatic carbocycles. The van der Waals surface area contributed by atoms with E-state index in [1.165, 1.54) is 21.5 Å². The van der Waals surface area contributed by atoms with Gasteiger partial charge in [0.05, 0.1) is 19.1 Å². The minimum Gasteiger partial charge on any atom is -0.379 e. The lowest BCUT2D eigenvalue weighted by molar-refractivity contribution is -0.136. The second kappa shape index (κ2) is 8.12. The molecule has 3 saturated heterocycles. The predicted octanol–water partition coefficient (Wildman–Crippen LogP) is 0.678. The Morgan fingerprint density at radius 2 is 1.50 bits per heavy atom. The second-order valence-corrected chi connectivity index (χ2v) is 8.88. The molecule has 0 bridgehead atoms. The molecule has 8 heteroatoms. The lowest BCUT2D eigenvalue weighted by Crippen LogP contribution is -2.53. The van der Waals surface area contributed by atoms with Crippen LogP contribution >= 0.6 is 0 Å². The SMILES string of the molecule is O=C(C1CCCN(S(=O)(=O)N2CCOCC2)C1)N1CCCCCC1. The van der Waals surface area contributed by atoms with Gasteiger partial charge in [-0.15, -0.1) is 0 Å². The maximum absolute atomic E-state index is 12.8. The van der Waals surface area contributed by atoms with Gasteiger partial charge in [-0.3, -0.25) is 4.79 Å². The van der Waals surface area contributed by atoms with Crippen LogP contribution in [0, 0.1) is 5.92 Å². The Balaban J connectivity index is 1.63. The lowest BCUT2D eigenvalue weighted by Gasteiger charge is -2.37. The van der Waals surface area contributed by atoms with Crippen molar-refractivity contribution < 1.29 is 17.9 Å². The Labute approximate surface area is 145 Å². The third-order valence-electron chi connectivity index (χ3n) is 5.27. The first kappa shape index (κ1) is 18.1. The highest BCUT2D eigenvalue weighted by molar-refractivity contribution is 7.86. The minimum absolute atomic E-state index is 0.152. The molecule has 0 spiro atoms. The summed E-state index contributed by atoms with van der Waals surface area (Å²) in [4.78, 5) is 14.8. The van der Waals surface area contributed by atoms with E-state index in [2.05, 4.69) is 0 Å². The number of rotatable bonds is 3. The molecule has 3 aliphatic heterocycles. The van der Waals surface area contributed by atoms with Crippen LogP contribution in [0.5, 0.6) is 0 Å². The Morgan fingerprint density at radius 3 is 2.17 bits per heavy atom. The zero-order chi connectivity index (χ0) is 17.0. The van der Waals surface area contributed by atoms with Crippen molar-refractivity contribution in [2.45, 2.75) is 38.5 Å². The van der Waals surface area contributed by atoms with Crippen molar-refractivity contribution in [1.82, 2.24) is 13.5 Å². The molecule has 0 aromatic carbocycles. The van der Waals surface area contributed by atoms with Gasteiger partial charge in [0, 0.05) is 39.3 Å². The van der Waals surface area contributed by atoms with Gasteiger partial charge in [0.25, 0.3) is 10.2 Å². The smallest absolute Gasteiger partial charge is 0.282 e. The highest BCUT2D eigenvalue weighted by atomic mass is 32.2. The summed E-state index contributed by atoms with van der Waals surface area (Å²) in [5.41, 5.74) is 0. The van der Waals surface area contributed by atoms with E-state index in [1.54, 1.807) is 0 Å². The van der Waals surface area contributed by atoms with Gasteiger partial charge in [-0.1, -0.05) is 12.8 Å². The average Bonchev–Trinajstić information content (AvgIpc) is 2.91. The standard InChI is InChI=1S/C16H29N3O4S/c20-16(17-7-3-1-2-4-8-17)15-6-5-9-19(14-15)24(21,22)18-10-12-23-13-11-18/h15H,1-14H2. The fraction of sp³-hybridized carbons (Fsp3) is 0.938. The summed E-state index contributed by atoms with van der Waals surface area (Å²) < 4.78 is 33.9. The molecule has 0 saturated carbocycles. The van der Waals surface area contributed by atoms with Gasteiger partial charge in [-0.25, -0.2) is 0 Å². The fourth-order valence-corrected chi connectivity index (χ4v) is 5.51. The first-order valence-corrected chi connectivity index (χ1v) is 10.6. The van der Waals surface area contributed by atoms with Crippen LogP contribution in [0.2, 0.25) is 0 Å². The van der Waals surface area contributed by atoms with Crippen LogP contribution in [0.25, 0.3) is 0 Å². The highest BCUT2D eigenvalue weighted by Gasteiger charge is 2.37. The van der Waals surface area contributed by atoms with Gasteiger partial charge in [0.15, 0.2) is 0 Å². The van der Waals surface area contributed by atoms with Crippen molar-refractivity contribution in [3.05, 3.63) is 0 Å². The molecule has 3 fully saturated rings. The van der Waals surface area contributed by atoms with Gasteiger partial charge < -0.3 is 9.64 Å². The first-order chi connectivity index (χ1) is 11.6. The minimum atomic E-state index is -3.47. The topological polar surface area (TPSA) is 70.2 Å². The molecule has 0 aromatic heterocycles. The van der Waals surface area contributed by atoms with Crippen molar-refractivity contribution >= 4 is 16.1 Å². The highest BCUT2D eigenvalue weighted by Crippen LogP contribution is 2.24. The van der Waals surface area contributed by atoms with E-state index in [9.17, 15) is 13.2 Å². The van der Waals surface area contributed by atoms with Crippen molar-refractivity contribution in [3.8, 4) is 0 Å². The van der Waals surface area contributed by atoms with Gasteiger partial charge in [0.1, 0.15) is 0 Å². The lowest BCUT2D eigenvalue weighted by atomic mass is 9.98. The van der Waals surface area contributed by atoms with Crippen molar-refractivity contribution in [3.63, 3.8) is 0 Å².